The molecule has 112 valence electrons. The highest BCUT2D eigenvalue weighted by Gasteiger charge is 2.10. The second-order valence-electron chi connectivity index (χ2n) is 6.57. The number of hydrogen-bond acceptors (Lipinski definition) is 3. The van der Waals surface area contributed by atoms with Crippen LogP contribution < -0.4 is 5.32 Å². The fraction of sp³-hybridized carbons (Fsp3) is 0.588. The van der Waals surface area contributed by atoms with Crippen LogP contribution in [0, 0.1) is 0 Å². The monoisotopic (exact) mass is 275 g/mol. The highest BCUT2D eigenvalue weighted by atomic mass is 15.1. The van der Waals surface area contributed by atoms with Gasteiger partial charge in [-0.15, -0.1) is 6.58 Å². The third kappa shape index (κ3) is 6.31. The molecule has 0 radical (unpaired) electrons. The first-order valence-electron chi connectivity index (χ1n) is 7.35. The predicted octanol–water partition coefficient (Wildman–Crippen LogP) is 3.37. The van der Waals surface area contributed by atoms with Crippen LogP contribution in [-0.4, -0.2) is 28.0 Å². The van der Waals surface area contributed by atoms with Gasteiger partial charge in [0.15, 0.2) is 0 Å². The number of rotatable bonds is 7. The molecule has 0 atom stereocenters. The number of aromatic nitrogens is 1. The van der Waals surface area contributed by atoms with E-state index in [4.69, 9.17) is 0 Å². The van der Waals surface area contributed by atoms with Gasteiger partial charge >= 0.3 is 0 Å². The van der Waals surface area contributed by atoms with Gasteiger partial charge in [-0.05, 0) is 46.2 Å². The van der Waals surface area contributed by atoms with Crippen LogP contribution in [0.25, 0.3) is 0 Å². The van der Waals surface area contributed by atoms with Crippen molar-refractivity contribution in [3.05, 3.63) is 42.2 Å². The summed E-state index contributed by atoms with van der Waals surface area (Å²) in [6.07, 6.45) is 3.92. The Bertz CT molecular complexity index is 401. The Balaban J connectivity index is 2.59. The zero-order valence-electron chi connectivity index (χ0n) is 13.6. The molecule has 3 heteroatoms. The number of hydrogen-bond donors (Lipinski definition) is 1. The van der Waals surface area contributed by atoms with E-state index >= 15 is 0 Å². The molecule has 0 spiro atoms. The summed E-state index contributed by atoms with van der Waals surface area (Å²) in [5.41, 5.74) is 2.47. The molecule has 0 aromatic carbocycles. The highest BCUT2D eigenvalue weighted by Crippen LogP contribution is 2.08. The lowest BCUT2D eigenvalue weighted by Gasteiger charge is -2.24. The molecule has 0 saturated carbocycles. The quantitative estimate of drug-likeness (QED) is 0.773. The molecule has 0 unspecified atom stereocenters. The fourth-order valence-electron chi connectivity index (χ4n) is 1.85. The van der Waals surface area contributed by atoms with Crippen LogP contribution in [0.5, 0.6) is 0 Å². The SMILES string of the molecule is C=CCN(Cc1ccc(CNC(C)(C)C)cn1)C(C)C. The van der Waals surface area contributed by atoms with Crippen molar-refractivity contribution in [2.75, 3.05) is 6.54 Å². The van der Waals surface area contributed by atoms with Gasteiger partial charge in [-0.2, -0.15) is 0 Å². The Morgan fingerprint density at radius 1 is 1.35 bits per heavy atom. The van der Waals surface area contributed by atoms with E-state index in [2.05, 4.69) is 68.5 Å². The minimum Gasteiger partial charge on any atom is -0.308 e. The third-order valence-electron chi connectivity index (χ3n) is 3.17. The van der Waals surface area contributed by atoms with Gasteiger partial charge in [0.25, 0.3) is 0 Å². The fourth-order valence-corrected chi connectivity index (χ4v) is 1.85. The molecule has 1 rings (SSSR count). The average molecular weight is 275 g/mol. The maximum atomic E-state index is 4.57. The minimum atomic E-state index is 0.136. The molecule has 0 aliphatic rings. The van der Waals surface area contributed by atoms with Gasteiger partial charge in [0.1, 0.15) is 0 Å². The van der Waals surface area contributed by atoms with E-state index in [1.165, 1.54) is 5.56 Å². The van der Waals surface area contributed by atoms with E-state index in [0.29, 0.717) is 6.04 Å². The molecule has 1 heterocycles. The smallest absolute Gasteiger partial charge is 0.0544 e. The van der Waals surface area contributed by atoms with Crippen LogP contribution in [0.15, 0.2) is 31.0 Å². The molecule has 1 aromatic rings. The van der Waals surface area contributed by atoms with E-state index in [0.717, 1.165) is 25.3 Å². The lowest BCUT2D eigenvalue weighted by Crippen LogP contribution is -2.35. The van der Waals surface area contributed by atoms with Gasteiger partial charge in [-0.25, -0.2) is 0 Å². The van der Waals surface area contributed by atoms with E-state index in [1.807, 2.05) is 12.3 Å². The lowest BCUT2D eigenvalue weighted by molar-refractivity contribution is 0.234. The standard InChI is InChI=1S/C17H29N3/c1-7-10-20(14(2)3)13-16-9-8-15(11-18-16)12-19-17(4,5)6/h7-9,11,14,19H,1,10,12-13H2,2-6H3. The van der Waals surface area contributed by atoms with Crippen LogP contribution in [0.1, 0.15) is 45.9 Å². The van der Waals surface area contributed by atoms with Crippen molar-refractivity contribution in [3.8, 4) is 0 Å². The van der Waals surface area contributed by atoms with Gasteiger partial charge in [0, 0.05) is 37.4 Å². The number of nitrogens with one attached hydrogen (secondary N) is 1. The molecular formula is C17H29N3. The Morgan fingerprint density at radius 3 is 2.50 bits per heavy atom. The summed E-state index contributed by atoms with van der Waals surface area (Å²) in [4.78, 5) is 6.92. The van der Waals surface area contributed by atoms with Crippen LogP contribution in [0.3, 0.4) is 0 Å². The average Bonchev–Trinajstić information content (AvgIpc) is 2.36. The summed E-state index contributed by atoms with van der Waals surface area (Å²) < 4.78 is 0. The van der Waals surface area contributed by atoms with Crippen molar-refractivity contribution in [2.24, 2.45) is 0 Å². The van der Waals surface area contributed by atoms with Crippen LogP contribution in [0.2, 0.25) is 0 Å². The molecule has 0 fully saturated rings. The van der Waals surface area contributed by atoms with Crippen molar-refractivity contribution in [1.29, 1.82) is 0 Å². The zero-order chi connectivity index (χ0) is 15.2. The second-order valence-corrected chi connectivity index (χ2v) is 6.57. The molecule has 0 saturated heterocycles. The van der Waals surface area contributed by atoms with E-state index in [9.17, 15) is 0 Å². The van der Waals surface area contributed by atoms with Gasteiger partial charge in [0.05, 0.1) is 5.69 Å². The molecule has 20 heavy (non-hydrogen) atoms. The summed E-state index contributed by atoms with van der Waals surface area (Å²) >= 11 is 0. The van der Waals surface area contributed by atoms with Crippen molar-refractivity contribution in [2.45, 2.75) is 59.3 Å². The number of nitrogens with zero attached hydrogens (tertiary/aromatic N) is 2. The van der Waals surface area contributed by atoms with Crippen molar-refractivity contribution >= 4 is 0 Å². The predicted molar refractivity (Wildman–Crippen MR) is 86.6 cm³/mol. The first-order valence-corrected chi connectivity index (χ1v) is 7.35. The summed E-state index contributed by atoms with van der Waals surface area (Å²) in [6.45, 7) is 17.4. The topological polar surface area (TPSA) is 28.2 Å². The van der Waals surface area contributed by atoms with Crippen LogP contribution in [-0.2, 0) is 13.1 Å². The zero-order valence-corrected chi connectivity index (χ0v) is 13.6. The molecule has 1 aromatic heterocycles. The maximum absolute atomic E-state index is 4.57. The minimum absolute atomic E-state index is 0.136. The Labute approximate surface area is 124 Å². The summed E-state index contributed by atoms with van der Waals surface area (Å²) in [6, 6.07) is 4.78. The third-order valence-corrected chi connectivity index (χ3v) is 3.17. The Kier molecular flexibility index (Phi) is 6.37. The van der Waals surface area contributed by atoms with Crippen molar-refractivity contribution in [3.63, 3.8) is 0 Å². The van der Waals surface area contributed by atoms with Gasteiger partial charge in [0.2, 0.25) is 0 Å². The molecule has 0 aliphatic carbocycles. The van der Waals surface area contributed by atoms with E-state index < -0.39 is 0 Å². The molecule has 0 aliphatic heterocycles. The highest BCUT2D eigenvalue weighted by molar-refractivity contribution is 5.14. The molecule has 3 nitrogen and oxygen atoms in total. The normalized spacial score (nSPS) is 12.2. The van der Waals surface area contributed by atoms with Crippen molar-refractivity contribution in [1.82, 2.24) is 15.2 Å². The van der Waals surface area contributed by atoms with Gasteiger partial charge in [-0.1, -0.05) is 12.1 Å². The molecule has 1 N–H and O–H groups in total. The first-order chi connectivity index (χ1) is 9.31. The molecule has 0 amide bonds. The van der Waals surface area contributed by atoms with Crippen LogP contribution >= 0.6 is 0 Å². The van der Waals surface area contributed by atoms with Crippen LogP contribution in [0.4, 0.5) is 0 Å². The Morgan fingerprint density at radius 2 is 2.05 bits per heavy atom. The largest absolute Gasteiger partial charge is 0.308 e. The lowest BCUT2D eigenvalue weighted by atomic mass is 10.1. The summed E-state index contributed by atoms with van der Waals surface area (Å²) in [7, 11) is 0. The maximum Gasteiger partial charge on any atom is 0.0544 e. The van der Waals surface area contributed by atoms with E-state index in [1.54, 1.807) is 0 Å². The Hall–Kier alpha value is -1.19. The van der Waals surface area contributed by atoms with Crippen molar-refractivity contribution < 1.29 is 0 Å². The van der Waals surface area contributed by atoms with Gasteiger partial charge < -0.3 is 5.32 Å². The second kappa shape index (κ2) is 7.55. The molecular weight excluding hydrogens is 246 g/mol. The molecule has 0 bridgehead atoms. The number of pyridine rings is 1. The van der Waals surface area contributed by atoms with Gasteiger partial charge in [-0.3, -0.25) is 9.88 Å². The summed E-state index contributed by atoms with van der Waals surface area (Å²) in [5.74, 6) is 0. The summed E-state index contributed by atoms with van der Waals surface area (Å²) in [5, 5.41) is 3.47. The first kappa shape index (κ1) is 16.9. The van der Waals surface area contributed by atoms with E-state index in [-0.39, 0.29) is 5.54 Å².